The van der Waals surface area contributed by atoms with E-state index in [0.717, 1.165) is 11.3 Å². The van der Waals surface area contributed by atoms with Crippen LogP contribution >= 0.6 is 0 Å². The first-order valence-corrected chi connectivity index (χ1v) is 7.37. The molecule has 2 aromatic rings. The number of ether oxygens (including phenoxy) is 1. The Kier molecular flexibility index (Phi) is 5.36. The van der Waals surface area contributed by atoms with Crippen molar-refractivity contribution in [3.05, 3.63) is 58.1 Å². The predicted molar refractivity (Wildman–Crippen MR) is 92.5 cm³/mol. The van der Waals surface area contributed by atoms with Gasteiger partial charge in [-0.2, -0.15) is 0 Å². The van der Waals surface area contributed by atoms with Crippen molar-refractivity contribution in [2.75, 3.05) is 17.7 Å². The quantitative estimate of drug-likeness (QED) is 0.626. The maximum atomic E-state index is 12.3. The molecule has 0 aliphatic carbocycles. The second-order valence-corrected chi connectivity index (χ2v) is 5.36. The average molecular weight is 329 g/mol. The number of carbonyl (C=O) groups is 1. The van der Waals surface area contributed by atoms with Crippen LogP contribution in [0.15, 0.2) is 42.5 Å². The molecule has 7 nitrogen and oxygen atoms in total. The van der Waals surface area contributed by atoms with Gasteiger partial charge in [0.05, 0.1) is 17.7 Å². The number of amides is 1. The number of nitrogens with one attached hydrogen (secondary N) is 2. The number of nitro benzene ring substituents is 1. The molecule has 0 saturated heterocycles. The van der Waals surface area contributed by atoms with Gasteiger partial charge in [0.15, 0.2) is 0 Å². The van der Waals surface area contributed by atoms with E-state index in [1.807, 2.05) is 25.1 Å². The number of rotatable bonds is 6. The van der Waals surface area contributed by atoms with Crippen molar-refractivity contribution in [1.82, 2.24) is 0 Å². The third-order valence-corrected chi connectivity index (χ3v) is 3.47. The zero-order valence-corrected chi connectivity index (χ0v) is 13.7. The van der Waals surface area contributed by atoms with E-state index < -0.39 is 11.0 Å². The van der Waals surface area contributed by atoms with Gasteiger partial charge < -0.3 is 15.4 Å². The molecule has 0 bridgehead atoms. The van der Waals surface area contributed by atoms with Crippen LogP contribution in [0, 0.1) is 17.0 Å². The van der Waals surface area contributed by atoms with Crippen molar-refractivity contribution in [3.8, 4) is 5.75 Å². The van der Waals surface area contributed by atoms with Gasteiger partial charge in [-0.05, 0) is 43.7 Å². The molecule has 126 valence electrons. The molecular weight excluding hydrogens is 310 g/mol. The van der Waals surface area contributed by atoms with Gasteiger partial charge >= 0.3 is 0 Å². The normalized spacial score (nSPS) is 11.5. The monoisotopic (exact) mass is 329 g/mol. The molecule has 0 unspecified atom stereocenters. The molecule has 2 N–H and O–H groups in total. The minimum atomic E-state index is -0.518. The largest absolute Gasteiger partial charge is 0.495 e. The van der Waals surface area contributed by atoms with E-state index in [4.69, 9.17) is 4.74 Å². The molecule has 0 aliphatic rings. The number of carbonyl (C=O) groups excluding carboxylic acids is 1. The first kappa shape index (κ1) is 17.3. The molecule has 2 aromatic carbocycles. The zero-order chi connectivity index (χ0) is 17.7. The van der Waals surface area contributed by atoms with E-state index >= 15 is 0 Å². The van der Waals surface area contributed by atoms with Crippen LogP contribution in [-0.2, 0) is 4.79 Å². The lowest BCUT2D eigenvalue weighted by Gasteiger charge is -2.18. The van der Waals surface area contributed by atoms with Gasteiger partial charge in [0.25, 0.3) is 5.69 Å². The summed E-state index contributed by atoms with van der Waals surface area (Å²) in [6, 6.07) is 10.8. The van der Waals surface area contributed by atoms with Crippen LogP contribution in [-0.4, -0.2) is 24.0 Å². The zero-order valence-electron chi connectivity index (χ0n) is 13.7. The highest BCUT2D eigenvalue weighted by Crippen LogP contribution is 2.26. The number of anilines is 2. The van der Waals surface area contributed by atoms with E-state index in [2.05, 4.69) is 10.6 Å². The van der Waals surface area contributed by atoms with Gasteiger partial charge in [0.2, 0.25) is 5.91 Å². The number of methoxy groups -OCH3 is 1. The predicted octanol–water partition coefficient (Wildman–Crippen LogP) is 3.35. The van der Waals surface area contributed by atoms with Crippen LogP contribution in [0.4, 0.5) is 17.1 Å². The van der Waals surface area contributed by atoms with E-state index in [9.17, 15) is 14.9 Å². The number of non-ortho nitro benzene ring substituents is 1. The molecule has 7 heteroatoms. The van der Waals surface area contributed by atoms with Crippen LogP contribution in [0.25, 0.3) is 0 Å². The van der Waals surface area contributed by atoms with E-state index in [1.54, 1.807) is 14.0 Å². The summed E-state index contributed by atoms with van der Waals surface area (Å²) in [4.78, 5) is 22.4. The molecule has 2 rings (SSSR count). The number of hydrogen-bond acceptors (Lipinski definition) is 5. The van der Waals surface area contributed by atoms with Gasteiger partial charge in [-0.3, -0.25) is 14.9 Å². The standard InChI is InChI=1S/C17H19N3O4/c1-11-4-9-16(24-3)15(10-11)18-12(2)17(21)19-13-5-7-14(8-6-13)20(22)23/h4-10,12,18H,1-3H3,(H,19,21)/t12-/m1/s1. The number of hydrogen-bond donors (Lipinski definition) is 2. The Labute approximate surface area is 139 Å². The Morgan fingerprint density at radius 2 is 1.88 bits per heavy atom. The lowest BCUT2D eigenvalue weighted by Crippen LogP contribution is -2.32. The molecule has 0 saturated carbocycles. The summed E-state index contributed by atoms with van der Waals surface area (Å²) in [6.45, 7) is 3.68. The van der Waals surface area contributed by atoms with Crippen molar-refractivity contribution in [2.24, 2.45) is 0 Å². The molecule has 0 radical (unpaired) electrons. The molecule has 1 amide bonds. The fourth-order valence-corrected chi connectivity index (χ4v) is 2.15. The van der Waals surface area contributed by atoms with Gasteiger partial charge in [-0.15, -0.1) is 0 Å². The Balaban J connectivity index is 2.04. The van der Waals surface area contributed by atoms with Crippen LogP contribution in [0.5, 0.6) is 5.75 Å². The number of nitrogens with zero attached hydrogens (tertiary/aromatic N) is 1. The molecule has 1 atom stereocenters. The Hall–Kier alpha value is -3.09. The fraction of sp³-hybridized carbons (Fsp3) is 0.235. The Bertz CT molecular complexity index is 744. The summed E-state index contributed by atoms with van der Waals surface area (Å²) >= 11 is 0. The van der Waals surface area contributed by atoms with E-state index in [-0.39, 0.29) is 11.6 Å². The molecular formula is C17H19N3O4. The van der Waals surface area contributed by atoms with Gasteiger partial charge in [0.1, 0.15) is 11.8 Å². The van der Waals surface area contributed by atoms with Crippen molar-refractivity contribution < 1.29 is 14.5 Å². The fourth-order valence-electron chi connectivity index (χ4n) is 2.15. The smallest absolute Gasteiger partial charge is 0.269 e. The van der Waals surface area contributed by atoms with Gasteiger partial charge in [-0.25, -0.2) is 0 Å². The third kappa shape index (κ3) is 4.22. The molecule has 0 aliphatic heterocycles. The van der Waals surface area contributed by atoms with E-state index in [1.165, 1.54) is 24.3 Å². The first-order valence-electron chi connectivity index (χ1n) is 7.37. The summed E-state index contributed by atoms with van der Waals surface area (Å²) in [7, 11) is 1.57. The van der Waals surface area contributed by atoms with Crippen LogP contribution < -0.4 is 15.4 Å². The molecule has 0 heterocycles. The summed E-state index contributed by atoms with van der Waals surface area (Å²) in [5.41, 5.74) is 2.24. The maximum Gasteiger partial charge on any atom is 0.269 e. The molecule has 0 spiro atoms. The van der Waals surface area contributed by atoms with Crippen LogP contribution in [0.3, 0.4) is 0 Å². The number of benzene rings is 2. The number of nitro groups is 1. The van der Waals surface area contributed by atoms with Gasteiger partial charge in [-0.1, -0.05) is 6.07 Å². The van der Waals surface area contributed by atoms with Crippen molar-refractivity contribution >= 4 is 23.0 Å². The van der Waals surface area contributed by atoms with Crippen LogP contribution in [0.2, 0.25) is 0 Å². The summed E-state index contributed by atoms with van der Waals surface area (Å²) in [5.74, 6) is 0.392. The topological polar surface area (TPSA) is 93.5 Å². The van der Waals surface area contributed by atoms with Crippen molar-refractivity contribution in [3.63, 3.8) is 0 Å². The second kappa shape index (κ2) is 7.45. The Morgan fingerprint density at radius 1 is 1.21 bits per heavy atom. The molecule has 0 aromatic heterocycles. The third-order valence-electron chi connectivity index (χ3n) is 3.47. The lowest BCUT2D eigenvalue weighted by atomic mass is 10.2. The summed E-state index contributed by atoms with van der Waals surface area (Å²) in [6.07, 6.45) is 0. The average Bonchev–Trinajstić information content (AvgIpc) is 2.55. The highest BCUT2D eigenvalue weighted by molar-refractivity contribution is 5.96. The molecule has 0 fully saturated rings. The second-order valence-electron chi connectivity index (χ2n) is 5.36. The van der Waals surface area contributed by atoms with Gasteiger partial charge in [0, 0.05) is 17.8 Å². The summed E-state index contributed by atoms with van der Waals surface area (Å²) in [5, 5.41) is 16.5. The highest BCUT2D eigenvalue weighted by atomic mass is 16.6. The van der Waals surface area contributed by atoms with Crippen LogP contribution in [0.1, 0.15) is 12.5 Å². The molecule has 24 heavy (non-hydrogen) atoms. The van der Waals surface area contributed by atoms with Crippen molar-refractivity contribution in [2.45, 2.75) is 19.9 Å². The number of aryl methyl sites for hydroxylation is 1. The minimum Gasteiger partial charge on any atom is -0.495 e. The lowest BCUT2D eigenvalue weighted by molar-refractivity contribution is -0.384. The SMILES string of the molecule is COc1ccc(C)cc1N[C@H](C)C(=O)Nc1ccc([N+](=O)[O-])cc1. The first-order chi connectivity index (χ1) is 11.4. The highest BCUT2D eigenvalue weighted by Gasteiger charge is 2.15. The maximum absolute atomic E-state index is 12.3. The van der Waals surface area contributed by atoms with Crippen molar-refractivity contribution in [1.29, 1.82) is 0 Å². The van der Waals surface area contributed by atoms with E-state index in [0.29, 0.717) is 11.4 Å². The minimum absolute atomic E-state index is 0.0244. The summed E-state index contributed by atoms with van der Waals surface area (Å²) < 4.78 is 5.28. The Morgan fingerprint density at radius 3 is 2.46 bits per heavy atom.